The molecule has 4 heteroatoms. The first-order valence-corrected chi connectivity index (χ1v) is 12.2. The van der Waals surface area contributed by atoms with Crippen LogP contribution in [0.4, 0.5) is 0 Å². The SMILES string of the molecule is OC(CC1CCNCC1)(C[C@@]12C[C@@H](c3ccccc31)c1ccc(Cl)cc12)c1cccnc1. The molecule has 1 aliphatic heterocycles. The maximum absolute atomic E-state index is 12.4. The second-order valence-corrected chi connectivity index (χ2v) is 10.4. The lowest BCUT2D eigenvalue weighted by Gasteiger charge is -2.42. The van der Waals surface area contributed by atoms with Gasteiger partial charge in [-0.1, -0.05) is 48.0 Å². The number of aliphatic hydroxyl groups is 1. The molecule has 3 nitrogen and oxygen atoms in total. The largest absolute Gasteiger partial charge is 0.385 e. The number of hydrogen-bond donors (Lipinski definition) is 2. The molecule has 2 aliphatic carbocycles. The summed E-state index contributed by atoms with van der Waals surface area (Å²) in [6.45, 7) is 2.06. The van der Waals surface area contributed by atoms with Crippen LogP contribution >= 0.6 is 11.6 Å². The summed E-state index contributed by atoms with van der Waals surface area (Å²) in [6.07, 6.45) is 8.31. The highest BCUT2D eigenvalue weighted by atomic mass is 35.5. The van der Waals surface area contributed by atoms with Crippen LogP contribution in [0.15, 0.2) is 67.0 Å². The van der Waals surface area contributed by atoms with E-state index in [0.717, 1.165) is 49.4 Å². The van der Waals surface area contributed by atoms with E-state index in [9.17, 15) is 5.11 Å². The standard InChI is InChI=1S/C28H29ClN2O/c29-21-7-8-23-24-16-27(26(23)14-21,25-6-2-1-5-22(24)25)18-28(32,20-4-3-11-31-17-20)15-19-9-12-30-13-10-19/h1-8,11,14,17,19,24,30,32H,9-10,12-13,15-16,18H2/t24-,27-,28?/m0/s1. The van der Waals surface area contributed by atoms with Crippen LogP contribution in [-0.2, 0) is 11.0 Å². The van der Waals surface area contributed by atoms with Gasteiger partial charge in [0, 0.05) is 34.3 Å². The highest BCUT2D eigenvalue weighted by molar-refractivity contribution is 6.30. The fraction of sp³-hybridized carbons (Fsp3) is 0.393. The molecule has 0 spiro atoms. The molecule has 3 aliphatic rings. The van der Waals surface area contributed by atoms with Gasteiger partial charge < -0.3 is 10.4 Å². The Morgan fingerprint density at radius 1 is 1.03 bits per heavy atom. The number of nitrogens with one attached hydrogen (secondary N) is 1. The van der Waals surface area contributed by atoms with Gasteiger partial charge in [0.05, 0.1) is 5.60 Å². The zero-order chi connectivity index (χ0) is 21.8. The molecular formula is C28H29ClN2O. The van der Waals surface area contributed by atoms with E-state index in [1.165, 1.54) is 22.3 Å². The van der Waals surface area contributed by atoms with Crippen LogP contribution in [0.1, 0.15) is 65.8 Å². The molecule has 3 atom stereocenters. The number of fused-ring (bicyclic) bond motifs is 8. The minimum absolute atomic E-state index is 0.223. The number of halogens is 1. The molecule has 0 amide bonds. The summed E-state index contributed by atoms with van der Waals surface area (Å²) in [5, 5.41) is 16.7. The second kappa shape index (κ2) is 7.69. The van der Waals surface area contributed by atoms with E-state index < -0.39 is 5.60 Å². The maximum Gasteiger partial charge on any atom is 0.0925 e. The van der Waals surface area contributed by atoms with E-state index in [0.29, 0.717) is 18.3 Å². The molecule has 1 fully saturated rings. The van der Waals surface area contributed by atoms with Crippen LogP contribution in [0, 0.1) is 5.92 Å². The number of benzene rings is 2. The Morgan fingerprint density at radius 2 is 1.84 bits per heavy atom. The summed E-state index contributed by atoms with van der Waals surface area (Å²) in [5.74, 6) is 0.890. The van der Waals surface area contributed by atoms with Crippen molar-refractivity contribution >= 4 is 11.6 Å². The van der Waals surface area contributed by atoms with Crippen molar-refractivity contribution in [2.75, 3.05) is 13.1 Å². The first-order chi connectivity index (χ1) is 15.6. The minimum atomic E-state index is -0.942. The monoisotopic (exact) mass is 444 g/mol. The van der Waals surface area contributed by atoms with Crippen molar-refractivity contribution in [3.8, 4) is 0 Å². The van der Waals surface area contributed by atoms with Crippen molar-refractivity contribution in [2.45, 2.75) is 49.0 Å². The molecular weight excluding hydrogens is 416 g/mol. The molecule has 0 saturated carbocycles. The average molecular weight is 445 g/mol. The van der Waals surface area contributed by atoms with Crippen LogP contribution in [0.5, 0.6) is 0 Å². The summed E-state index contributed by atoms with van der Waals surface area (Å²) in [4.78, 5) is 4.39. The van der Waals surface area contributed by atoms with E-state index >= 15 is 0 Å². The molecule has 0 radical (unpaired) electrons. The van der Waals surface area contributed by atoms with Crippen LogP contribution in [-0.4, -0.2) is 23.2 Å². The highest BCUT2D eigenvalue weighted by Crippen LogP contribution is 2.64. The van der Waals surface area contributed by atoms with Crippen LogP contribution in [0.3, 0.4) is 0 Å². The van der Waals surface area contributed by atoms with Gasteiger partial charge in [-0.3, -0.25) is 4.98 Å². The Bertz CT molecular complexity index is 1140. The second-order valence-electron chi connectivity index (χ2n) is 10.0. The van der Waals surface area contributed by atoms with E-state index in [1.54, 1.807) is 6.20 Å². The zero-order valence-electron chi connectivity index (χ0n) is 18.2. The lowest BCUT2D eigenvalue weighted by atomic mass is 9.65. The summed E-state index contributed by atoms with van der Waals surface area (Å²) in [7, 11) is 0. The van der Waals surface area contributed by atoms with E-state index in [2.05, 4.69) is 52.8 Å². The van der Waals surface area contributed by atoms with Gasteiger partial charge in [-0.25, -0.2) is 0 Å². The smallest absolute Gasteiger partial charge is 0.0925 e. The number of pyridine rings is 1. The first-order valence-electron chi connectivity index (χ1n) is 11.8. The number of aromatic nitrogens is 1. The number of piperidine rings is 1. The van der Waals surface area contributed by atoms with Crippen molar-refractivity contribution in [1.82, 2.24) is 10.3 Å². The average Bonchev–Trinajstić information content (AvgIpc) is 3.31. The van der Waals surface area contributed by atoms with Gasteiger partial charge in [-0.05, 0) is 91.6 Å². The first kappa shape index (κ1) is 20.4. The molecule has 6 rings (SSSR count). The third kappa shape index (κ3) is 3.14. The zero-order valence-corrected chi connectivity index (χ0v) is 19.0. The van der Waals surface area contributed by atoms with E-state index in [-0.39, 0.29) is 5.41 Å². The minimum Gasteiger partial charge on any atom is -0.385 e. The number of rotatable bonds is 5. The predicted octanol–water partition coefficient (Wildman–Crippen LogP) is 5.54. The Balaban J connectivity index is 1.48. The summed E-state index contributed by atoms with van der Waals surface area (Å²) < 4.78 is 0. The lowest BCUT2D eigenvalue weighted by Crippen LogP contribution is -2.40. The molecule has 1 saturated heterocycles. The Hall–Kier alpha value is -2.20. The fourth-order valence-corrected chi connectivity index (χ4v) is 7.01. The third-order valence-corrected chi connectivity index (χ3v) is 8.42. The maximum atomic E-state index is 12.4. The predicted molar refractivity (Wildman–Crippen MR) is 128 cm³/mol. The number of nitrogens with zero attached hydrogens (tertiary/aromatic N) is 1. The normalized spacial score (nSPS) is 25.9. The lowest BCUT2D eigenvalue weighted by molar-refractivity contribution is -0.0170. The van der Waals surface area contributed by atoms with Gasteiger partial charge in [0.15, 0.2) is 0 Å². The molecule has 2 bridgehead atoms. The summed E-state index contributed by atoms with van der Waals surface area (Å²) >= 11 is 6.51. The Morgan fingerprint density at radius 3 is 2.66 bits per heavy atom. The fourth-order valence-electron chi connectivity index (χ4n) is 6.84. The van der Waals surface area contributed by atoms with Gasteiger partial charge in [-0.2, -0.15) is 0 Å². The Kier molecular flexibility index (Phi) is 4.90. The van der Waals surface area contributed by atoms with Crippen molar-refractivity contribution in [3.05, 3.63) is 99.8 Å². The summed E-state index contributed by atoms with van der Waals surface area (Å²) in [6, 6.07) is 19.2. The molecule has 2 heterocycles. The molecule has 32 heavy (non-hydrogen) atoms. The van der Waals surface area contributed by atoms with Gasteiger partial charge >= 0.3 is 0 Å². The number of hydrogen-bond acceptors (Lipinski definition) is 3. The van der Waals surface area contributed by atoms with E-state index in [1.807, 2.05) is 18.3 Å². The molecule has 2 aromatic carbocycles. The molecule has 1 unspecified atom stereocenters. The third-order valence-electron chi connectivity index (χ3n) is 8.19. The van der Waals surface area contributed by atoms with E-state index in [4.69, 9.17) is 11.6 Å². The van der Waals surface area contributed by atoms with Crippen molar-refractivity contribution in [3.63, 3.8) is 0 Å². The van der Waals surface area contributed by atoms with Gasteiger partial charge in [0.1, 0.15) is 0 Å². The van der Waals surface area contributed by atoms with Crippen LogP contribution in [0.25, 0.3) is 0 Å². The topological polar surface area (TPSA) is 45.1 Å². The Labute approximate surface area is 194 Å². The quantitative estimate of drug-likeness (QED) is 0.543. The van der Waals surface area contributed by atoms with Crippen LogP contribution in [0.2, 0.25) is 5.02 Å². The van der Waals surface area contributed by atoms with Crippen molar-refractivity contribution in [1.29, 1.82) is 0 Å². The van der Waals surface area contributed by atoms with Gasteiger partial charge in [0.25, 0.3) is 0 Å². The van der Waals surface area contributed by atoms with Crippen LogP contribution < -0.4 is 5.32 Å². The molecule has 164 valence electrons. The van der Waals surface area contributed by atoms with Crippen molar-refractivity contribution in [2.24, 2.45) is 5.92 Å². The highest BCUT2D eigenvalue weighted by Gasteiger charge is 2.56. The molecule has 3 aromatic rings. The molecule has 1 aromatic heterocycles. The molecule has 2 N–H and O–H groups in total. The van der Waals surface area contributed by atoms with Gasteiger partial charge in [-0.15, -0.1) is 0 Å². The van der Waals surface area contributed by atoms with Crippen molar-refractivity contribution < 1.29 is 5.11 Å². The summed E-state index contributed by atoms with van der Waals surface area (Å²) in [5.41, 5.74) is 5.24. The van der Waals surface area contributed by atoms with Gasteiger partial charge in [0.2, 0.25) is 0 Å².